The number of hydrogen-bond acceptors (Lipinski definition) is 5. The fourth-order valence-corrected chi connectivity index (χ4v) is 5.01. The van der Waals surface area contributed by atoms with Crippen molar-refractivity contribution in [1.29, 1.82) is 0 Å². The van der Waals surface area contributed by atoms with Gasteiger partial charge in [-0.25, -0.2) is 12.7 Å². The molecule has 3 heterocycles. The monoisotopic (exact) mass is 292 g/mol. The molecule has 0 radical (unpaired) electrons. The van der Waals surface area contributed by atoms with E-state index < -0.39 is 22.1 Å². The van der Waals surface area contributed by atoms with Gasteiger partial charge in [0.15, 0.2) is 0 Å². The Morgan fingerprint density at radius 1 is 1.21 bits per heavy atom. The number of hydrogen-bond donors (Lipinski definition) is 1. The molecule has 0 bridgehead atoms. The molecule has 1 N–H and O–H groups in total. The molecule has 2 aliphatic heterocycles. The van der Waals surface area contributed by atoms with Gasteiger partial charge in [-0.15, -0.1) is 11.3 Å². The summed E-state index contributed by atoms with van der Waals surface area (Å²) in [6, 6.07) is 8.34. The molecule has 0 saturated carbocycles. The van der Waals surface area contributed by atoms with E-state index >= 15 is 0 Å². The summed E-state index contributed by atoms with van der Waals surface area (Å²) in [6.45, 7) is 0. The lowest BCUT2D eigenvalue weighted by molar-refractivity contribution is 0.0830. The largest absolute Gasteiger partial charge is 0.352 e. The summed E-state index contributed by atoms with van der Waals surface area (Å²) < 4.78 is 25.8. The van der Waals surface area contributed by atoms with E-state index in [1.165, 1.54) is 17.4 Å². The second-order valence-electron chi connectivity index (χ2n) is 4.35. The molecule has 1 atom stereocenters. The minimum atomic E-state index is -3.75. The van der Waals surface area contributed by atoms with Gasteiger partial charge in [0.1, 0.15) is 11.2 Å². The highest BCUT2D eigenvalue weighted by atomic mass is 32.2. The maximum absolute atomic E-state index is 12.4. The van der Waals surface area contributed by atoms with Gasteiger partial charge in [-0.2, -0.15) is 0 Å². The first-order valence-corrected chi connectivity index (χ1v) is 7.94. The average Bonchev–Trinajstić information content (AvgIpc) is 2.94. The minimum Gasteiger partial charge on any atom is -0.352 e. The van der Waals surface area contributed by atoms with Crippen LogP contribution in [-0.4, -0.2) is 18.6 Å². The fourth-order valence-electron chi connectivity index (χ4n) is 2.51. The van der Waals surface area contributed by atoms with Crippen molar-refractivity contribution in [2.45, 2.75) is 11.1 Å². The number of nitrogens with one attached hydrogen (secondary N) is 1. The molecular weight excluding hydrogens is 284 g/mol. The Bertz CT molecular complexity index is 810. The van der Waals surface area contributed by atoms with Crippen molar-refractivity contribution in [1.82, 2.24) is 4.31 Å². The third-order valence-corrected chi connectivity index (χ3v) is 6.02. The summed E-state index contributed by atoms with van der Waals surface area (Å²) in [6.07, 6.45) is -0.625. The van der Waals surface area contributed by atoms with Crippen LogP contribution in [-0.2, 0) is 10.0 Å². The van der Waals surface area contributed by atoms with Crippen LogP contribution in [0.4, 0.5) is 5.00 Å². The van der Waals surface area contributed by atoms with Gasteiger partial charge in [-0.1, -0.05) is 18.2 Å². The van der Waals surface area contributed by atoms with Gasteiger partial charge < -0.3 is 5.32 Å². The maximum Gasteiger partial charge on any atom is 0.272 e. The molecule has 1 unspecified atom stereocenters. The lowest BCUT2D eigenvalue weighted by atomic mass is 10.1. The predicted molar refractivity (Wildman–Crippen MR) is 70.5 cm³/mol. The van der Waals surface area contributed by atoms with Gasteiger partial charge in [-0.3, -0.25) is 4.79 Å². The number of rotatable bonds is 0. The summed E-state index contributed by atoms with van der Waals surface area (Å²) >= 11 is 1.40. The molecule has 19 heavy (non-hydrogen) atoms. The number of anilines is 1. The highest BCUT2D eigenvalue weighted by Gasteiger charge is 2.49. The number of sulfonamides is 1. The van der Waals surface area contributed by atoms with Crippen molar-refractivity contribution in [2.24, 2.45) is 0 Å². The molecule has 1 amide bonds. The number of carbonyl (C=O) groups is 1. The molecular formula is C12H8N2O3S2. The molecule has 2 aromatic rings. The summed E-state index contributed by atoms with van der Waals surface area (Å²) in [4.78, 5) is 12.6. The zero-order chi connectivity index (χ0) is 13.2. The van der Waals surface area contributed by atoms with E-state index in [9.17, 15) is 13.2 Å². The van der Waals surface area contributed by atoms with Crippen molar-refractivity contribution < 1.29 is 13.2 Å². The third-order valence-electron chi connectivity index (χ3n) is 3.35. The normalized spacial score (nSPS) is 22.4. The quantitative estimate of drug-likeness (QED) is 0.806. The zero-order valence-electron chi connectivity index (χ0n) is 9.53. The van der Waals surface area contributed by atoms with Crippen LogP contribution in [0.25, 0.3) is 0 Å². The highest BCUT2D eigenvalue weighted by molar-refractivity contribution is 7.90. The molecule has 7 heteroatoms. The molecule has 4 rings (SSSR count). The molecule has 0 saturated heterocycles. The zero-order valence-corrected chi connectivity index (χ0v) is 11.2. The van der Waals surface area contributed by atoms with Crippen LogP contribution < -0.4 is 5.32 Å². The third kappa shape index (κ3) is 1.23. The molecule has 0 spiro atoms. The van der Waals surface area contributed by atoms with Crippen LogP contribution in [0.2, 0.25) is 0 Å². The molecule has 2 aliphatic rings. The number of thiophene rings is 1. The number of carbonyl (C=O) groups excluding carboxylic acids is 1. The second kappa shape index (κ2) is 3.37. The number of nitrogens with zero attached hydrogens (tertiary/aromatic N) is 1. The average molecular weight is 292 g/mol. The van der Waals surface area contributed by atoms with Crippen molar-refractivity contribution in [3.63, 3.8) is 0 Å². The standard InChI is InChI=1S/C12H8N2O3S2/c15-12-8-5-6-18-11(8)13-10-7-3-1-2-4-9(7)19(16,17)14(10)12/h1-6,10,13H. The number of amides is 1. The fraction of sp³-hybridized carbons (Fsp3) is 0.0833. The summed E-state index contributed by atoms with van der Waals surface area (Å²) in [5.41, 5.74) is 1.03. The first kappa shape index (κ1) is 11.0. The van der Waals surface area contributed by atoms with Gasteiger partial charge >= 0.3 is 0 Å². The molecule has 0 aliphatic carbocycles. The number of fused-ring (bicyclic) bond motifs is 4. The summed E-state index contributed by atoms with van der Waals surface area (Å²) in [5, 5.41) is 5.62. The van der Waals surface area contributed by atoms with Crippen LogP contribution in [0, 0.1) is 0 Å². The van der Waals surface area contributed by atoms with Gasteiger partial charge in [0.05, 0.1) is 10.5 Å². The Morgan fingerprint density at radius 3 is 2.84 bits per heavy atom. The summed E-state index contributed by atoms with van der Waals surface area (Å²) in [5.74, 6) is -0.462. The van der Waals surface area contributed by atoms with Gasteiger partial charge in [0.2, 0.25) is 0 Å². The van der Waals surface area contributed by atoms with E-state index in [0.29, 0.717) is 11.1 Å². The predicted octanol–water partition coefficient (Wildman–Crippen LogP) is 2.02. The lowest BCUT2D eigenvalue weighted by Crippen LogP contribution is -2.41. The van der Waals surface area contributed by atoms with E-state index in [1.54, 1.807) is 29.6 Å². The molecule has 0 fully saturated rings. The first-order valence-electron chi connectivity index (χ1n) is 5.62. The van der Waals surface area contributed by atoms with Gasteiger partial charge in [-0.05, 0) is 17.5 Å². The van der Waals surface area contributed by atoms with Crippen LogP contribution in [0.1, 0.15) is 22.1 Å². The van der Waals surface area contributed by atoms with E-state index in [2.05, 4.69) is 5.32 Å². The minimum absolute atomic E-state index is 0.205. The van der Waals surface area contributed by atoms with Crippen molar-refractivity contribution >= 4 is 32.3 Å². The van der Waals surface area contributed by atoms with Gasteiger partial charge in [0.25, 0.3) is 15.9 Å². The van der Waals surface area contributed by atoms with Crippen molar-refractivity contribution in [3.05, 3.63) is 46.8 Å². The smallest absolute Gasteiger partial charge is 0.272 e. The van der Waals surface area contributed by atoms with E-state index in [4.69, 9.17) is 0 Å². The molecule has 96 valence electrons. The Kier molecular flexibility index (Phi) is 1.95. The first-order chi connectivity index (χ1) is 9.10. The van der Waals surface area contributed by atoms with Gasteiger partial charge in [0, 0.05) is 5.56 Å². The SMILES string of the molecule is O=C1c2ccsc2NC2c3ccccc3S(=O)(=O)N12. The van der Waals surface area contributed by atoms with Crippen LogP contribution in [0.5, 0.6) is 0 Å². The summed E-state index contributed by atoms with van der Waals surface area (Å²) in [7, 11) is -3.75. The Morgan fingerprint density at radius 2 is 2.00 bits per heavy atom. The topological polar surface area (TPSA) is 66.5 Å². The van der Waals surface area contributed by atoms with Crippen molar-refractivity contribution in [3.8, 4) is 0 Å². The maximum atomic E-state index is 12.4. The molecule has 1 aromatic heterocycles. The number of benzene rings is 1. The van der Waals surface area contributed by atoms with E-state index in [-0.39, 0.29) is 4.90 Å². The second-order valence-corrected chi connectivity index (χ2v) is 7.05. The Hall–Kier alpha value is -1.86. The van der Waals surface area contributed by atoms with Crippen molar-refractivity contribution in [2.75, 3.05) is 5.32 Å². The molecule has 1 aromatic carbocycles. The Balaban J connectivity index is 2.01. The van der Waals surface area contributed by atoms with Crippen LogP contribution >= 0.6 is 11.3 Å². The van der Waals surface area contributed by atoms with Crippen LogP contribution in [0.15, 0.2) is 40.6 Å². The Labute approximate surface area is 113 Å². The molecule has 5 nitrogen and oxygen atoms in total. The highest BCUT2D eigenvalue weighted by Crippen LogP contribution is 2.45. The van der Waals surface area contributed by atoms with E-state index in [1.807, 2.05) is 0 Å². The lowest BCUT2D eigenvalue weighted by Gasteiger charge is -2.29. The van der Waals surface area contributed by atoms with Crippen LogP contribution in [0.3, 0.4) is 0 Å². The van der Waals surface area contributed by atoms with E-state index in [0.717, 1.165) is 9.31 Å².